The smallest absolute Gasteiger partial charge is 0.394 e. The van der Waals surface area contributed by atoms with Crippen molar-refractivity contribution in [2.24, 2.45) is 0 Å². The molecule has 3 heterocycles. The number of carbonyl (C=O) groups excluding carboxylic acids is 1. The Bertz CT molecular complexity index is 1190. The Hall–Kier alpha value is -2.85. The van der Waals surface area contributed by atoms with Gasteiger partial charge in [0.2, 0.25) is 0 Å². The number of rotatable bonds is 3. The second-order valence-electron chi connectivity index (χ2n) is 7.06. The normalized spacial score (nSPS) is 16.7. The number of aromatic nitrogens is 2. The third-order valence-electron chi connectivity index (χ3n) is 5.23. The van der Waals surface area contributed by atoms with Crippen LogP contribution in [0.2, 0.25) is 5.02 Å². The van der Waals surface area contributed by atoms with Crippen molar-refractivity contribution in [3.8, 4) is 11.4 Å². The van der Waals surface area contributed by atoms with Gasteiger partial charge in [-0.2, -0.15) is 0 Å². The van der Waals surface area contributed by atoms with E-state index in [0.29, 0.717) is 30.8 Å². The van der Waals surface area contributed by atoms with E-state index in [4.69, 9.17) is 16.7 Å². The van der Waals surface area contributed by atoms with E-state index in [9.17, 15) is 18.4 Å². The Morgan fingerprint density at radius 1 is 1.26 bits per heavy atom. The molecule has 1 unspecified atom stereocenters. The molecule has 1 fully saturated rings. The van der Waals surface area contributed by atoms with E-state index in [0.717, 1.165) is 16.8 Å². The van der Waals surface area contributed by atoms with Gasteiger partial charge in [0.05, 0.1) is 20.8 Å². The van der Waals surface area contributed by atoms with Crippen molar-refractivity contribution in [1.82, 2.24) is 14.9 Å². The van der Waals surface area contributed by atoms with Crippen LogP contribution in [-0.2, 0) is 9.59 Å². The van der Waals surface area contributed by atoms with E-state index in [1.807, 2.05) is 17.2 Å². The summed E-state index contributed by atoms with van der Waals surface area (Å²) < 4.78 is 29.3. The molecule has 31 heavy (non-hydrogen) atoms. The summed E-state index contributed by atoms with van der Waals surface area (Å²) in [6.45, 7) is 2.78. The second kappa shape index (κ2) is 8.35. The van der Waals surface area contributed by atoms with Crippen LogP contribution in [0, 0.1) is 11.6 Å². The van der Waals surface area contributed by atoms with Gasteiger partial charge < -0.3 is 14.9 Å². The van der Waals surface area contributed by atoms with Crippen LogP contribution in [0.15, 0.2) is 23.6 Å². The molecule has 2 aromatic heterocycles. The third-order valence-corrected chi connectivity index (χ3v) is 6.42. The number of amides is 1. The Morgan fingerprint density at radius 2 is 2.03 bits per heavy atom. The number of carboxylic acids is 1. The predicted molar refractivity (Wildman–Crippen MR) is 113 cm³/mol. The number of fused-ring (bicyclic) bond motifs is 1. The fourth-order valence-electron chi connectivity index (χ4n) is 3.66. The number of aliphatic carboxylic acids is 1. The minimum Gasteiger partial charge on any atom is -0.474 e. The number of hydrogen-bond donors (Lipinski definition) is 1. The first-order valence-electron chi connectivity index (χ1n) is 9.49. The lowest BCUT2D eigenvalue weighted by atomic mass is 10.1. The molecule has 162 valence electrons. The fourth-order valence-corrected chi connectivity index (χ4v) is 4.66. The summed E-state index contributed by atoms with van der Waals surface area (Å²) >= 11 is 7.07. The summed E-state index contributed by atoms with van der Waals surface area (Å²) in [6.07, 6.45) is 0.554. The number of halogens is 3. The van der Waals surface area contributed by atoms with Crippen molar-refractivity contribution in [3.05, 3.63) is 40.2 Å². The van der Waals surface area contributed by atoms with Gasteiger partial charge in [-0.05, 0) is 30.0 Å². The molecule has 1 aliphatic heterocycles. The molecule has 4 rings (SSSR count). The Morgan fingerprint density at radius 3 is 2.74 bits per heavy atom. The van der Waals surface area contributed by atoms with Gasteiger partial charge in [-0.15, -0.1) is 11.3 Å². The van der Waals surface area contributed by atoms with Crippen LogP contribution in [-0.4, -0.2) is 57.5 Å². The maximum Gasteiger partial charge on any atom is 0.394 e. The maximum atomic E-state index is 14.5. The molecule has 1 amide bonds. The van der Waals surface area contributed by atoms with Crippen molar-refractivity contribution in [1.29, 1.82) is 0 Å². The molecule has 11 heteroatoms. The van der Waals surface area contributed by atoms with E-state index in [1.54, 1.807) is 6.07 Å². The summed E-state index contributed by atoms with van der Waals surface area (Å²) in [5.74, 6) is -3.39. The minimum atomic E-state index is -1.49. The highest BCUT2D eigenvalue weighted by molar-refractivity contribution is 7.17. The number of anilines is 1. The monoisotopic (exact) mass is 466 g/mol. The largest absolute Gasteiger partial charge is 0.474 e. The lowest BCUT2D eigenvalue weighted by molar-refractivity contribution is -0.157. The average molecular weight is 467 g/mol. The Kier molecular flexibility index (Phi) is 5.76. The van der Waals surface area contributed by atoms with Gasteiger partial charge >= 0.3 is 11.9 Å². The van der Waals surface area contributed by atoms with Crippen LogP contribution < -0.4 is 4.90 Å². The molecular formula is C20H17ClF2N4O3S. The second-order valence-corrected chi connectivity index (χ2v) is 8.39. The third kappa shape index (κ3) is 3.92. The number of benzene rings is 1. The number of piperazine rings is 1. The Balaban J connectivity index is 1.75. The summed E-state index contributed by atoms with van der Waals surface area (Å²) in [7, 11) is 0. The maximum absolute atomic E-state index is 14.5. The summed E-state index contributed by atoms with van der Waals surface area (Å²) in [5, 5.41) is 10.6. The number of carboxylic acid groups (broad SMARTS) is 1. The van der Waals surface area contributed by atoms with Gasteiger partial charge in [0.15, 0.2) is 11.6 Å². The highest BCUT2D eigenvalue weighted by Gasteiger charge is 2.34. The summed E-state index contributed by atoms with van der Waals surface area (Å²) in [4.78, 5) is 35.3. The van der Waals surface area contributed by atoms with E-state index >= 15 is 0 Å². The molecule has 1 saturated heterocycles. The van der Waals surface area contributed by atoms with Gasteiger partial charge in [0, 0.05) is 25.7 Å². The lowest BCUT2D eigenvalue weighted by Crippen LogP contribution is -2.56. The van der Waals surface area contributed by atoms with E-state index in [2.05, 4.69) is 9.97 Å². The fraction of sp³-hybridized carbons (Fsp3) is 0.300. The van der Waals surface area contributed by atoms with E-state index < -0.39 is 23.5 Å². The molecule has 1 aliphatic rings. The molecule has 0 bridgehead atoms. The van der Waals surface area contributed by atoms with E-state index in [-0.39, 0.29) is 29.0 Å². The summed E-state index contributed by atoms with van der Waals surface area (Å²) in [5.41, 5.74) is 0.472. The topological polar surface area (TPSA) is 86.6 Å². The van der Waals surface area contributed by atoms with Crippen LogP contribution in [0.1, 0.15) is 13.3 Å². The van der Waals surface area contributed by atoms with Crippen LogP contribution in [0.5, 0.6) is 0 Å². The first kappa shape index (κ1) is 21.4. The van der Waals surface area contributed by atoms with E-state index in [1.165, 1.54) is 16.2 Å². The van der Waals surface area contributed by atoms with Crippen molar-refractivity contribution in [2.45, 2.75) is 19.4 Å². The standard InChI is InChI=1S/C20H17ClF2N4O3S/c1-2-10-9-26(4-5-27(10)19(28)20(29)30)18-16-15(3-6-31-16)24-17(25-18)11-7-14(23)12(21)8-13(11)22/h3,6-8,10H,2,4-5,9H2,1H3,(H,29,30). The Labute approximate surface area is 184 Å². The van der Waals surface area contributed by atoms with Crippen molar-refractivity contribution in [3.63, 3.8) is 0 Å². The first-order valence-corrected chi connectivity index (χ1v) is 10.7. The molecule has 1 aromatic carbocycles. The van der Waals surface area contributed by atoms with Gasteiger partial charge in [-0.25, -0.2) is 23.5 Å². The number of hydrogen-bond acceptors (Lipinski definition) is 6. The van der Waals surface area contributed by atoms with Crippen molar-refractivity contribution >= 4 is 50.8 Å². The first-order chi connectivity index (χ1) is 14.8. The lowest BCUT2D eigenvalue weighted by Gasteiger charge is -2.41. The number of carbonyl (C=O) groups is 2. The quantitative estimate of drug-likeness (QED) is 0.466. The SMILES string of the molecule is CCC1CN(c2nc(-c3cc(F)c(Cl)cc3F)nc3ccsc23)CCN1C(=O)C(=O)O. The van der Waals surface area contributed by atoms with Gasteiger partial charge in [-0.1, -0.05) is 18.5 Å². The zero-order valence-electron chi connectivity index (χ0n) is 16.3. The zero-order chi connectivity index (χ0) is 22.3. The van der Waals surface area contributed by atoms with Crippen LogP contribution in [0.3, 0.4) is 0 Å². The number of thiophene rings is 1. The van der Waals surface area contributed by atoms with Gasteiger partial charge in [0.25, 0.3) is 0 Å². The predicted octanol–water partition coefficient (Wildman–Crippen LogP) is 3.80. The molecule has 3 aromatic rings. The highest BCUT2D eigenvalue weighted by Crippen LogP contribution is 2.34. The number of nitrogens with zero attached hydrogens (tertiary/aromatic N) is 4. The van der Waals surface area contributed by atoms with Crippen LogP contribution in [0.25, 0.3) is 21.6 Å². The average Bonchev–Trinajstić information content (AvgIpc) is 3.23. The molecule has 0 saturated carbocycles. The molecule has 0 aliphatic carbocycles. The summed E-state index contributed by atoms with van der Waals surface area (Å²) in [6, 6.07) is 3.29. The highest BCUT2D eigenvalue weighted by atomic mass is 35.5. The molecular weight excluding hydrogens is 450 g/mol. The minimum absolute atomic E-state index is 0.0195. The van der Waals surface area contributed by atoms with Crippen molar-refractivity contribution < 1.29 is 23.5 Å². The van der Waals surface area contributed by atoms with Crippen LogP contribution >= 0.6 is 22.9 Å². The molecule has 7 nitrogen and oxygen atoms in total. The molecule has 0 spiro atoms. The van der Waals surface area contributed by atoms with Crippen molar-refractivity contribution in [2.75, 3.05) is 24.5 Å². The zero-order valence-corrected chi connectivity index (χ0v) is 17.9. The van der Waals surface area contributed by atoms with Gasteiger partial charge in [-0.3, -0.25) is 4.79 Å². The molecule has 1 atom stereocenters. The van der Waals surface area contributed by atoms with Crippen LogP contribution in [0.4, 0.5) is 14.6 Å². The van der Waals surface area contributed by atoms with Gasteiger partial charge in [0.1, 0.15) is 11.6 Å². The molecule has 1 N–H and O–H groups in total. The molecule has 0 radical (unpaired) electrons.